The Hall–Kier alpha value is -2.24. The molecule has 0 aliphatic carbocycles. The molecule has 0 saturated carbocycles. The van der Waals surface area contributed by atoms with Gasteiger partial charge < -0.3 is 18.9 Å². The Balaban J connectivity index is 2.61. The average molecular weight is 338 g/mol. The molecule has 0 aliphatic rings. The van der Waals surface area contributed by atoms with Gasteiger partial charge in [0.1, 0.15) is 11.3 Å². The Labute approximate surface area is 143 Å². The van der Waals surface area contributed by atoms with Gasteiger partial charge in [0.15, 0.2) is 17.8 Å². The molecule has 0 N–H and O–H groups in total. The van der Waals surface area contributed by atoms with Crippen molar-refractivity contribution >= 4 is 12.3 Å². The molecule has 6 heteroatoms. The summed E-state index contributed by atoms with van der Waals surface area (Å²) in [4.78, 5) is 22.7. The van der Waals surface area contributed by atoms with E-state index >= 15 is 0 Å². The van der Waals surface area contributed by atoms with Gasteiger partial charge >= 0.3 is 5.97 Å². The monoisotopic (exact) mass is 338 g/mol. The molecule has 1 aromatic rings. The lowest BCUT2D eigenvalue weighted by molar-refractivity contribution is -0.143. The van der Waals surface area contributed by atoms with Crippen LogP contribution >= 0.6 is 0 Å². The Kier molecular flexibility index (Phi) is 9.34. The second kappa shape index (κ2) is 11.3. The van der Waals surface area contributed by atoms with E-state index in [4.69, 9.17) is 18.9 Å². The van der Waals surface area contributed by atoms with Crippen LogP contribution in [-0.2, 0) is 9.53 Å². The largest absolute Gasteiger partial charge is 0.493 e. The minimum atomic E-state index is -0.204. The Morgan fingerprint density at radius 3 is 2.42 bits per heavy atom. The molecule has 0 heterocycles. The quantitative estimate of drug-likeness (QED) is 0.330. The van der Waals surface area contributed by atoms with Crippen LogP contribution in [0, 0.1) is 0 Å². The maximum Gasteiger partial charge on any atom is 0.305 e. The maximum absolute atomic E-state index is 11.4. The highest BCUT2D eigenvalue weighted by atomic mass is 16.5. The van der Waals surface area contributed by atoms with Crippen LogP contribution in [0.3, 0.4) is 0 Å². The summed E-state index contributed by atoms with van der Waals surface area (Å²) < 4.78 is 21.4. The van der Waals surface area contributed by atoms with Crippen LogP contribution in [0.15, 0.2) is 12.1 Å². The Morgan fingerprint density at radius 1 is 1.08 bits per heavy atom. The first-order valence-corrected chi connectivity index (χ1v) is 8.25. The number of esters is 1. The van der Waals surface area contributed by atoms with E-state index in [0.717, 1.165) is 6.42 Å². The van der Waals surface area contributed by atoms with E-state index in [-0.39, 0.29) is 5.97 Å². The number of hydrogen-bond acceptors (Lipinski definition) is 6. The second-order valence-corrected chi connectivity index (χ2v) is 5.09. The van der Waals surface area contributed by atoms with Crippen molar-refractivity contribution in [2.24, 2.45) is 0 Å². The highest BCUT2D eigenvalue weighted by Gasteiger charge is 2.16. The van der Waals surface area contributed by atoms with Gasteiger partial charge in [0.25, 0.3) is 0 Å². The Bertz CT molecular complexity index is 526. The van der Waals surface area contributed by atoms with Gasteiger partial charge in [0.05, 0.1) is 26.9 Å². The van der Waals surface area contributed by atoms with Crippen LogP contribution in [0.25, 0.3) is 0 Å². The molecule has 1 rings (SSSR count). The van der Waals surface area contributed by atoms with Gasteiger partial charge in [-0.2, -0.15) is 0 Å². The molecule has 6 nitrogen and oxygen atoms in total. The van der Waals surface area contributed by atoms with Gasteiger partial charge in [0, 0.05) is 6.42 Å². The summed E-state index contributed by atoms with van der Waals surface area (Å²) in [6, 6.07) is 3.43. The molecule has 24 heavy (non-hydrogen) atoms. The van der Waals surface area contributed by atoms with Gasteiger partial charge in [0.2, 0.25) is 0 Å². The van der Waals surface area contributed by atoms with Gasteiger partial charge in [-0.25, -0.2) is 0 Å². The van der Waals surface area contributed by atoms with E-state index < -0.39 is 0 Å². The molecule has 0 saturated heterocycles. The number of rotatable bonds is 12. The standard InChI is InChI=1S/C18H26O6/c1-4-11-23-16-10-9-15(14(13-19)18(16)21-3)24-12-7-6-8-17(20)22-5-2/h9-10,13H,4-8,11-12H2,1-3H3. The zero-order valence-corrected chi connectivity index (χ0v) is 14.6. The fourth-order valence-corrected chi connectivity index (χ4v) is 2.12. The second-order valence-electron chi connectivity index (χ2n) is 5.09. The van der Waals surface area contributed by atoms with Crippen molar-refractivity contribution < 1.29 is 28.5 Å². The number of benzene rings is 1. The van der Waals surface area contributed by atoms with Crippen LogP contribution < -0.4 is 14.2 Å². The predicted octanol–water partition coefficient (Wildman–Crippen LogP) is 3.41. The van der Waals surface area contributed by atoms with E-state index in [9.17, 15) is 9.59 Å². The van der Waals surface area contributed by atoms with Crippen LogP contribution in [0.4, 0.5) is 0 Å². The van der Waals surface area contributed by atoms with E-state index in [1.807, 2.05) is 6.92 Å². The number of unbranched alkanes of at least 4 members (excludes halogenated alkanes) is 1. The van der Waals surface area contributed by atoms with Gasteiger partial charge in [-0.3, -0.25) is 9.59 Å². The predicted molar refractivity (Wildman–Crippen MR) is 90.1 cm³/mol. The molecule has 0 atom stereocenters. The summed E-state index contributed by atoms with van der Waals surface area (Å²) in [5.74, 6) is 1.14. The maximum atomic E-state index is 11.4. The average Bonchev–Trinajstić information content (AvgIpc) is 2.59. The first-order valence-electron chi connectivity index (χ1n) is 8.25. The smallest absolute Gasteiger partial charge is 0.305 e. The van der Waals surface area contributed by atoms with Crippen molar-refractivity contribution in [1.82, 2.24) is 0 Å². The summed E-state index contributed by atoms with van der Waals surface area (Å²) in [6.45, 7) is 5.12. The molecule has 134 valence electrons. The van der Waals surface area contributed by atoms with Gasteiger partial charge in [-0.1, -0.05) is 6.92 Å². The van der Waals surface area contributed by atoms with Crippen molar-refractivity contribution in [2.75, 3.05) is 26.9 Å². The van der Waals surface area contributed by atoms with Crippen LogP contribution in [-0.4, -0.2) is 39.2 Å². The number of carbonyl (C=O) groups is 2. The number of methoxy groups -OCH3 is 1. The minimum absolute atomic E-state index is 0.204. The van der Waals surface area contributed by atoms with E-state index in [0.29, 0.717) is 68.2 Å². The van der Waals surface area contributed by atoms with Crippen molar-refractivity contribution in [2.45, 2.75) is 39.5 Å². The fourth-order valence-electron chi connectivity index (χ4n) is 2.12. The molecular formula is C18H26O6. The molecule has 0 aliphatic heterocycles. The highest BCUT2D eigenvalue weighted by molar-refractivity contribution is 5.85. The van der Waals surface area contributed by atoms with Gasteiger partial charge in [-0.15, -0.1) is 0 Å². The van der Waals surface area contributed by atoms with Crippen molar-refractivity contribution in [1.29, 1.82) is 0 Å². The normalized spacial score (nSPS) is 10.1. The minimum Gasteiger partial charge on any atom is -0.493 e. The molecule has 0 spiro atoms. The number of ether oxygens (including phenoxy) is 4. The molecule has 0 aromatic heterocycles. The molecule has 0 bridgehead atoms. The fraction of sp³-hybridized carbons (Fsp3) is 0.556. The molecule has 0 fully saturated rings. The SMILES string of the molecule is CCCOc1ccc(OCCCCC(=O)OCC)c(C=O)c1OC. The Morgan fingerprint density at radius 2 is 1.79 bits per heavy atom. The van der Waals surface area contributed by atoms with Crippen molar-refractivity contribution in [3.63, 3.8) is 0 Å². The van der Waals surface area contributed by atoms with E-state index in [1.165, 1.54) is 7.11 Å². The van der Waals surface area contributed by atoms with E-state index in [2.05, 4.69) is 0 Å². The third kappa shape index (κ3) is 6.10. The molecular weight excluding hydrogens is 312 g/mol. The first kappa shape index (κ1) is 19.8. The lowest BCUT2D eigenvalue weighted by atomic mass is 10.1. The lowest BCUT2D eigenvalue weighted by Gasteiger charge is -2.15. The van der Waals surface area contributed by atoms with Gasteiger partial charge in [-0.05, 0) is 38.3 Å². The third-order valence-corrected chi connectivity index (χ3v) is 3.24. The number of carbonyl (C=O) groups excluding carboxylic acids is 2. The van der Waals surface area contributed by atoms with Crippen molar-refractivity contribution in [3.8, 4) is 17.2 Å². The zero-order valence-electron chi connectivity index (χ0n) is 14.6. The molecule has 1 aromatic carbocycles. The number of aldehydes is 1. The van der Waals surface area contributed by atoms with Crippen molar-refractivity contribution in [3.05, 3.63) is 17.7 Å². The summed E-state index contributed by atoms with van der Waals surface area (Å²) in [5, 5.41) is 0. The zero-order chi connectivity index (χ0) is 17.8. The molecule has 0 unspecified atom stereocenters. The topological polar surface area (TPSA) is 71.1 Å². The summed E-state index contributed by atoms with van der Waals surface area (Å²) in [6.07, 6.45) is 3.28. The third-order valence-electron chi connectivity index (χ3n) is 3.24. The van der Waals surface area contributed by atoms with Crippen LogP contribution in [0.2, 0.25) is 0 Å². The molecule has 0 amide bonds. The summed E-state index contributed by atoms with van der Waals surface area (Å²) in [7, 11) is 1.49. The van der Waals surface area contributed by atoms with E-state index in [1.54, 1.807) is 19.1 Å². The summed E-state index contributed by atoms with van der Waals surface area (Å²) in [5.41, 5.74) is 0.330. The first-order chi connectivity index (χ1) is 11.7. The van der Waals surface area contributed by atoms with Crippen LogP contribution in [0.1, 0.15) is 49.9 Å². The lowest BCUT2D eigenvalue weighted by Crippen LogP contribution is -2.06. The summed E-state index contributed by atoms with van der Waals surface area (Å²) >= 11 is 0. The van der Waals surface area contributed by atoms with Crippen LogP contribution in [0.5, 0.6) is 17.2 Å². The highest BCUT2D eigenvalue weighted by Crippen LogP contribution is 2.36. The molecule has 0 radical (unpaired) electrons. The number of hydrogen-bond donors (Lipinski definition) is 0.